The number of carbonyl (C=O) groups is 2. The Morgan fingerprint density at radius 2 is 2.05 bits per heavy atom. The van der Waals surface area contributed by atoms with Crippen LogP contribution in [0.2, 0.25) is 0 Å². The van der Waals surface area contributed by atoms with E-state index in [1.54, 1.807) is 0 Å². The highest BCUT2D eigenvalue weighted by Gasteiger charge is 2.28. The number of amides is 1. The molecule has 1 aromatic heterocycles. The number of ether oxygens (including phenoxy) is 1. The highest BCUT2D eigenvalue weighted by Crippen LogP contribution is 2.27. The van der Waals surface area contributed by atoms with Gasteiger partial charge in [0.1, 0.15) is 4.88 Å². The van der Waals surface area contributed by atoms with Crippen molar-refractivity contribution in [1.82, 2.24) is 5.32 Å². The molecule has 1 aliphatic rings. The van der Waals surface area contributed by atoms with Crippen LogP contribution in [0.5, 0.6) is 0 Å². The van der Waals surface area contributed by atoms with Crippen molar-refractivity contribution in [1.29, 1.82) is 0 Å². The van der Waals surface area contributed by atoms with E-state index >= 15 is 0 Å². The first-order valence-corrected chi connectivity index (χ1v) is 7.90. The zero-order valence-corrected chi connectivity index (χ0v) is 13.1. The summed E-state index contributed by atoms with van der Waals surface area (Å²) in [5.41, 5.74) is 0. The van der Waals surface area contributed by atoms with E-state index in [0.29, 0.717) is 4.88 Å². The number of hydrogen-bond acceptors (Lipinski definition) is 4. The Morgan fingerprint density at radius 3 is 2.58 bits per heavy atom. The highest BCUT2D eigenvalue weighted by atomic mass is 79.9. The summed E-state index contributed by atoms with van der Waals surface area (Å²) in [7, 11) is 1.42. The Hall–Kier alpha value is -0.880. The number of rotatable bonds is 3. The number of carbonyl (C=O) groups excluding carboxylic acids is 2. The van der Waals surface area contributed by atoms with Crippen LogP contribution in [0.3, 0.4) is 0 Å². The Balaban J connectivity index is 1.85. The fourth-order valence-electron chi connectivity index (χ4n) is 2.35. The topological polar surface area (TPSA) is 55.4 Å². The molecule has 1 aromatic rings. The van der Waals surface area contributed by atoms with E-state index in [4.69, 9.17) is 4.74 Å². The largest absolute Gasteiger partial charge is 0.469 e. The van der Waals surface area contributed by atoms with Gasteiger partial charge in [0.2, 0.25) is 0 Å². The maximum Gasteiger partial charge on any atom is 0.308 e. The molecule has 1 N–H and O–H groups in total. The van der Waals surface area contributed by atoms with Crippen molar-refractivity contribution in [3.05, 3.63) is 20.8 Å². The third kappa shape index (κ3) is 3.57. The van der Waals surface area contributed by atoms with E-state index in [0.717, 1.165) is 30.2 Å². The molecule has 104 valence electrons. The van der Waals surface area contributed by atoms with Gasteiger partial charge in [0, 0.05) is 10.5 Å². The van der Waals surface area contributed by atoms with Gasteiger partial charge >= 0.3 is 5.97 Å². The number of thiophene rings is 1. The molecule has 0 bridgehead atoms. The Labute approximate surface area is 124 Å². The normalized spacial score (nSPS) is 22.8. The minimum absolute atomic E-state index is 0.00775. The van der Waals surface area contributed by atoms with Crippen molar-refractivity contribution in [3.63, 3.8) is 0 Å². The Bertz CT molecular complexity index is 466. The molecule has 19 heavy (non-hydrogen) atoms. The molecule has 2 rings (SSSR count). The summed E-state index contributed by atoms with van der Waals surface area (Å²) in [6.07, 6.45) is 3.22. The maximum absolute atomic E-state index is 12.0. The van der Waals surface area contributed by atoms with Gasteiger partial charge in [-0.05, 0) is 53.1 Å². The molecule has 0 unspecified atom stereocenters. The Morgan fingerprint density at radius 1 is 1.37 bits per heavy atom. The first kappa shape index (κ1) is 14.5. The molecule has 0 aliphatic heterocycles. The fourth-order valence-corrected chi connectivity index (χ4v) is 3.80. The SMILES string of the molecule is COC(=O)C1CCC(NC(=O)c2sccc2Br)CC1. The summed E-state index contributed by atoms with van der Waals surface area (Å²) in [5, 5.41) is 4.91. The lowest BCUT2D eigenvalue weighted by Crippen LogP contribution is -2.38. The highest BCUT2D eigenvalue weighted by molar-refractivity contribution is 9.10. The molecule has 0 saturated heterocycles. The first-order chi connectivity index (χ1) is 9.11. The molecule has 1 fully saturated rings. The lowest BCUT2D eigenvalue weighted by Gasteiger charge is -2.27. The Kier molecular flexibility index (Phi) is 4.99. The van der Waals surface area contributed by atoms with Crippen LogP contribution < -0.4 is 5.32 Å². The lowest BCUT2D eigenvalue weighted by molar-refractivity contribution is -0.146. The zero-order chi connectivity index (χ0) is 13.8. The van der Waals surface area contributed by atoms with Gasteiger partial charge < -0.3 is 10.1 Å². The van der Waals surface area contributed by atoms with Crippen LogP contribution in [0.1, 0.15) is 35.4 Å². The van der Waals surface area contributed by atoms with Crippen LogP contribution in [-0.4, -0.2) is 25.0 Å². The van der Waals surface area contributed by atoms with Crippen LogP contribution >= 0.6 is 27.3 Å². The second kappa shape index (κ2) is 6.52. The van der Waals surface area contributed by atoms with Crippen LogP contribution in [0.15, 0.2) is 15.9 Å². The molecule has 6 heteroatoms. The average Bonchev–Trinajstić information content (AvgIpc) is 2.85. The average molecular weight is 346 g/mol. The van der Waals surface area contributed by atoms with Gasteiger partial charge in [0.05, 0.1) is 13.0 Å². The van der Waals surface area contributed by atoms with Crippen molar-refractivity contribution < 1.29 is 14.3 Å². The van der Waals surface area contributed by atoms with E-state index in [1.807, 2.05) is 11.4 Å². The van der Waals surface area contributed by atoms with Crippen molar-refractivity contribution in [3.8, 4) is 0 Å². The van der Waals surface area contributed by atoms with E-state index in [1.165, 1.54) is 18.4 Å². The molecular weight excluding hydrogens is 330 g/mol. The second-order valence-corrected chi connectivity index (χ2v) is 6.41. The van der Waals surface area contributed by atoms with E-state index in [-0.39, 0.29) is 23.8 Å². The summed E-state index contributed by atoms with van der Waals surface area (Å²) in [5.74, 6) is -0.180. The van der Waals surface area contributed by atoms with Crippen molar-refractivity contribution in [2.75, 3.05) is 7.11 Å². The smallest absolute Gasteiger partial charge is 0.308 e. The maximum atomic E-state index is 12.0. The second-order valence-electron chi connectivity index (χ2n) is 4.64. The van der Waals surface area contributed by atoms with Gasteiger partial charge in [-0.15, -0.1) is 11.3 Å². The standard InChI is InChI=1S/C13H16BrNO3S/c1-18-13(17)8-2-4-9(5-3-8)15-12(16)11-10(14)6-7-19-11/h6-9H,2-5H2,1H3,(H,15,16). The fraction of sp³-hybridized carbons (Fsp3) is 0.538. The predicted molar refractivity (Wildman–Crippen MR) is 77.2 cm³/mol. The molecule has 4 nitrogen and oxygen atoms in total. The molecule has 0 atom stereocenters. The molecule has 0 aromatic carbocycles. The number of esters is 1. The van der Waals surface area contributed by atoms with E-state index in [9.17, 15) is 9.59 Å². The first-order valence-electron chi connectivity index (χ1n) is 6.23. The van der Waals surface area contributed by atoms with Crippen LogP contribution in [-0.2, 0) is 9.53 Å². The van der Waals surface area contributed by atoms with E-state index in [2.05, 4.69) is 21.2 Å². The molecule has 1 heterocycles. The molecule has 1 aliphatic carbocycles. The van der Waals surface area contributed by atoms with Crippen LogP contribution in [0, 0.1) is 5.92 Å². The number of nitrogens with one attached hydrogen (secondary N) is 1. The molecule has 1 saturated carbocycles. The van der Waals surface area contributed by atoms with Gasteiger partial charge in [0.15, 0.2) is 0 Å². The van der Waals surface area contributed by atoms with Crippen molar-refractivity contribution >= 4 is 39.1 Å². The number of hydrogen-bond donors (Lipinski definition) is 1. The minimum atomic E-state index is -0.134. The van der Waals surface area contributed by atoms with Gasteiger partial charge in [-0.25, -0.2) is 0 Å². The van der Waals surface area contributed by atoms with Gasteiger partial charge in [0.25, 0.3) is 5.91 Å². The van der Waals surface area contributed by atoms with Gasteiger partial charge in [-0.2, -0.15) is 0 Å². The quantitative estimate of drug-likeness (QED) is 0.856. The van der Waals surface area contributed by atoms with Crippen LogP contribution in [0.4, 0.5) is 0 Å². The van der Waals surface area contributed by atoms with Crippen molar-refractivity contribution in [2.24, 2.45) is 5.92 Å². The molecule has 0 radical (unpaired) electrons. The summed E-state index contributed by atoms with van der Waals surface area (Å²) < 4.78 is 5.58. The van der Waals surface area contributed by atoms with Gasteiger partial charge in [-0.3, -0.25) is 9.59 Å². The third-order valence-electron chi connectivity index (χ3n) is 3.42. The minimum Gasteiger partial charge on any atom is -0.469 e. The summed E-state index contributed by atoms with van der Waals surface area (Å²) in [4.78, 5) is 24.2. The van der Waals surface area contributed by atoms with Crippen molar-refractivity contribution in [2.45, 2.75) is 31.7 Å². The zero-order valence-electron chi connectivity index (χ0n) is 10.6. The lowest BCUT2D eigenvalue weighted by atomic mass is 9.86. The number of methoxy groups -OCH3 is 1. The molecule has 1 amide bonds. The third-order valence-corrected chi connectivity index (χ3v) is 5.26. The predicted octanol–water partition coefficient (Wildman–Crippen LogP) is 2.97. The molecular formula is C13H16BrNO3S. The van der Waals surface area contributed by atoms with E-state index < -0.39 is 0 Å². The summed E-state index contributed by atoms with van der Waals surface area (Å²) in [6, 6.07) is 2.02. The summed E-state index contributed by atoms with van der Waals surface area (Å²) >= 11 is 4.78. The molecule has 0 spiro atoms. The number of halogens is 1. The monoisotopic (exact) mass is 345 g/mol. The van der Waals surface area contributed by atoms with Crippen LogP contribution in [0.25, 0.3) is 0 Å². The summed E-state index contributed by atoms with van der Waals surface area (Å²) in [6.45, 7) is 0. The van der Waals surface area contributed by atoms with Gasteiger partial charge in [-0.1, -0.05) is 0 Å².